The molecular formula is C17H18N2O. The summed E-state index contributed by atoms with van der Waals surface area (Å²) in [7, 11) is 1.77. The number of anilines is 2. The van der Waals surface area contributed by atoms with Crippen molar-refractivity contribution < 1.29 is 4.79 Å². The van der Waals surface area contributed by atoms with Gasteiger partial charge in [0, 0.05) is 12.6 Å². The summed E-state index contributed by atoms with van der Waals surface area (Å²) in [5, 5.41) is 0. The number of para-hydroxylation sites is 2. The quantitative estimate of drug-likeness (QED) is 0.849. The Morgan fingerprint density at radius 2 is 1.85 bits per heavy atom. The van der Waals surface area contributed by atoms with Gasteiger partial charge in [0.05, 0.1) is 11.4 Å². The van der Waals surface area contributed by atoms with E-state index in [0.29, 0.717) is 5.69 Å². The molecule has 3 heteroatoms. The first-order valence-corrected chi connectivity index (χ1v) is 6.91. The second kappa shape index (κ2) is 5.00. The number of amides is 1. The second-order valence-electron chi connectivity index (χ2n) is 5.26. The summed E-state index contributed by atoms with van der Waals surface area (Å²) in [4.78, 5) is 14.2. The van der Waals surface area contributed by atoms with Crippen LogP contribution < -0.4 is 10.6 Å². The van der Waals surface area contributed by atoms with Crippen LogP contribution in [0.2, 0.25) is 0 Å². The molecule has 3 nitrogen and oxygen atoms in total. The molecule has 1 amide bonds. The van der Waals surface area contributed by atoms with Crippen LogP contribution in [-0.2, 0) is 12.8 Å². The van der Waals surface area contributed by atoms with Crippen LogP contribution in [0.1, 0.15) is 27.9 Å². The van der Waals surface area contributed by atoms with Crippen LogP contribution in [0, 0.1) is 0 Å². The van der Waals surface area contributed by atoms with Crippen molar-refractivity contribution in [2.75, 3.05) is 17.7 Å². The van der Waals surface area contributed by atoms with Crippen molar-refractivity contribution in [1.29, 1.82) is 0 Å². The molecule has 0 atom stereocenters. The van der Waals surface area contributed by atoms with Crippen LogP contribution >= 0.6 is 0 Å². The molecule has 0 saturated heterocycles. The Hall–Kier alpha value is -2.29. The van der Waals surface area contributed by atoms with Crippen LogP contribution in [0.15, 0.2) is 42.5 Å². The van der Waals surface area contributed by atoms with Gasteiger partial charge in [0.25, 0.3) is 5.91 Å². The highest BCUT2D eigenvalue weighted by molar-refractivity contribution is 6.07. The summed E-state index contributed by atoms with van der Waals surface area (Å²) in [6, 6.07) is 13.5. The third-order valence-electron chi connectivity index (χ3n) is 3.95. The summed E-state index contributed by atoms with van der Waals surface area (Å²) in [6.07, 6.45) is 3.40. The van der Waals surface area contributed by atoms with Gasteiger partial charge >= 0.3 is 0 Å². The largest absolute Gasteiger partial charge is 0.397 e. The Kier molecular flexibility index (Phi) is 3.18. The fourth-order valence-corrected chi connectivity index (χ4v) is 2.80. The Morgan fingerprint density at radius 3 is 2.65 bits per heavy atom. The van der Waals surface area contributed by atoms with Crippen molar-refractivity contribution in [3.8, 4) is 0 Å². The van der Waals surface area contributed by atoms with Gasteiger partial charge in [-0.2, -0.15) is 0 Å². The molecule has 0 unspecified atom stereocenters. The summed E-state index contributed by atoms with van der Waals surface area (Å²) >= 11 is 0. The van der Waals surface area contributed by atoms with Crippen molar-refractivity contribution in [3.63, 3.8) is 0 Å². The van der Waals surface area contributed by atoms with E-state index >= 15 is 0 Å². The van der Waals surface area contributed by atoms with Crippen LogP contribution in [0.4, 0.5) is 11.4 Å². The SMILES string of the molecule is CN(C(=O)c1ccc2c(c1)CCC2)c1ccccc1N. The summed E-state index contributed by atoms with van der Waals surface area (Å²) in [6.45, 7) is 0. The number of fused-ring (bicyclic) bond motifs is 1. The number of rotatable bonds is 2. The number of carbonyl (C=O) groups excluding carboxylic acids is 1. The van der Waals surface area contributed by atoms with E-state index in [4.69, 9.17) is 5.73 Å². The Balaban J connectivity index is 1.91. The van der Waals surface area contributed by atoms with Crippen molar-refractivity contribution >= 4 is 17.3 Å². The normalized spacial score (nSPS) is 13.1. The minimum atomic E-state index is -0.0161. The highest BCUT2D eigenvalue weighted by Crippen LogP contribution is 2.26. The minimum Gasteiger partial charge on any atom is -0.397 e. The Morgan fingerprint density at radius 1 is 1.10 bits per heavy atom. The summed E-state index contributed by atoms with van der Waals surface area (Å²) < 4.78 is 0. The minimum absolute atomic E-state index is 0.0161. The lowest BCUT2D eigenvalue weighted by molar-refractivity contribution is 0.0993. The van der Waals surface area contributed by atoms with Crippen LogP contribution in [0.3, 0.4) is 0 Å². The summed E-state index contributed by atoms with van der Waals surface area (Å²) in [5.41, 5.74) is 10.7. The molecule has 0 aliphatic heterocycles. The second-order valence-corrected chi connectivity index (χ2v) is 5.26. The van der Waals surface area contributed by atoms with E-state index in [1.54, 1.807) is 11.9 Å². The topological polar surface area (TPSA) is 46.3 Å². The van der Waals surface area contributed by atoms with Crippen LogP contribution in [0.25, 0.3) is 0 Å². The lowest BCUT2D eigenvalue weighted by Gasteiger charge is -2.19. The lowest BCUT2D eigenvalue weighted by Crippen LogP contribution is -2.27. The van der Waals surface area contributed by atoms with Gasteiger partial charge in [-0.1, -0.05) is 18.2 Å². The van der Waals surface area contributed by atoms with Crippen LogP contribution in [-0.4, -0.2) is 13.0 Å². The summed E-state index contributed by atoms with van der Waals surface area (Å²) in [5.74, 6) is -0.0161. The average molecular weight is 266 g/mol. The van der Waals surface area contributed by atoms with E-state index in [9.17, 15) is 4.79 Å². The van der Waals surface area contributed by atoms with Gasteiger partial charge < -0.3 is 10.6 Å². The number of carbonyl (C=O) groups is 1. The van der Waals surface area contributed by atoms with E-state index in [1.165, 1.54) is 17.5 Å². The predicted octanol–water partition coefficient (Wildman–Crippen LogP) is 3.03. The van der Waals surface area contributed by atoms with Gasteiger partial charge in [0.15, 0.2) is 0 Å². The zero-order valence-corrected chi connectivity index (χ0v) is 11.6. The van der Waals surface area contributed by atoms with E-state index in [-0.39, 0.29) is 5.91 Å². The molecule has 2 aromatic rings. The van der Waals surface area contributed by atoms with Gasteiger partial charge in [0.1, 0.15) is 0 Å². The molecule has 0 fully saturated rings. The van der Waals surface area contributed by atoms with E-state index < -0.39 is 0 Å². The number of hydrogen-bond acceptors (Lipinski definition) is 2. The Bertz CT molecular complexity index is 664. The molecule has 0 spiro atoms. The first kappa shape index (κ1) is 12.7. The molecule has 1 aliphatic carbocycles. The van der Waals surface area contributed by atoms with Gasteiger partial charge in [-0.3, -0.25) is 4.79 Å². The number of nitrogens with zero attached hydrogens (tertiary/aromatic N) is 1. The highest BCUT2D eigenvalue weighted by Gasteiger charge is 2.18. The van der Waals surface area contributed by atoms with Gasteiger partial charge in [0.2, 0.25) is 0 Å². The highest BCUT2D eigenvalue weighted by atomic mass is 16.2. The third-order valence-corrected chi connectivity index (χ3v) is 3.95. The van der Waals surface area contributed by atoms with E-state index in [2.05, 4.69) is 6.07 Å². The molecule has 2 N–H and O–H groups in total. The number of nitrogens with two attached hydrogens (primary N) is 1. The molecular weight excluding hydrogens is 248 g/mol. The maximum atomic E-state index is 12.6. The smallest absolute Gasteiger partial charge is 0.258 e. The van der Waals surface area contributed by atoms with Crippen molar-refractivity contribution in [2.24, 2.45) is 0 Å². The molecule has 0 bridgehead atoms. The zero-order chi connectivity index (χ0) is 14.1. The maximum Gasteiger partial charge on any atom is 0.258 e. The molecule has 0 radical (unpaired) electrons. The molecule has 1 aliphatic rings. The number of aryl methyl sites for hydroxylation is 2. The standard InChI is InChI=1S/C17H18N2O/c1-19(16-8-3-2-7-15(16)18)17(20)14-10-9-12-5-4-6-13(12)11-14/h2-3,7-11H,4-6,18H2,1H3. The van der Waals surface area contributed by atoms with Crippen molar-refractivity contribution in [1.82, 2.24) is 0 Å². The van der Waals surface area contributed by atoms with E-state index in [0.717, 1.165) is 24.1 Å². The zero-order valence-electron chi connectivity index (χ0n) is 11.6. The molecule has 3 rings (SSSR count). The fraction of sp³-hybridized carbons (Fsp3) is 0.235. The monoisotopic (exact) mass is 266 g/mol. The predicted molar refractivity (Wildman–Crippen MR) is 82.1 cm³/mol. The molecule has 2 aromatic carbocycles. The first-order chi connectivity index (χ1) is 9.66. The fourth-order valence-electron chi connectivity index (χ4n) is 2.80. The van der Waals surface area contributed by atoms with Crippen LogP contribution in [0.5, 0.6) is 0 Å². The molecule has 0 aromatic heterocycles. The van der Waals surface area contributed by atoms with Gasteiger partial charge in [-0.25, -0.2) is 0 Å². The molecule has 102 valence electrons. The number of nitrogen functional groups attached to an aromatic ring is 1. The molecule has 0 saturated carbocycles. The molecule has 20 heavy (non-hydrogen) atoms. The van der Waals surface area contributed by atoms with Crippen molar-refractivity contribution in [2.45, 2.75) is 19.3 Å². The maximum absolute atomic E-state index is 12.6. The average Bonchev–Trinajstić information content (AvgIpc) is 2.93. The third kappa shape index (κ3) is 2.16. The van der Waals surface area contributed by atoms with E-state index in [1.807, 2.05) is 36.4 Å². The van der Waals surface area contributed by atoms with Gasteiger partial charge in [-0.05, 0) is 54.7 Å². The Labute approximate surface area is 119 Å². The van der Waals surface area contributed by atoms with Crippen molar-refractivity contribution in [3.05, 3.63) is 59.2 Å². The molecule has 0 heterocycles. The number of hydrogen-bond donors (Lipinski definition) is 1. The lowest BCUT2D eigenvalue weighted by atomic mass is 10.1. The first-order valence-electron chi connectivity index (χ1n) is 6.91. The van der Waals surface area contributed by atoms with Gasteiger partial charge in [-0.15, -0.1) is 0 Å². The number of benzene rings is 2.